The van der Waals surface area contributed by atoms with E-state index in [0.29, 0.717) is 12.0 Å². The van der Waals surface area contributed by atoms with Gasteiger partial charge < -0.3 is 5.73 Å². The molecule has 23 heavy (non-hydrogen) atoms. The van der Waals surface area contributed by atoms with Gasteiger partial charge in [0.05, 0.1) is 0 Å². The van der Waals surface area contributed by atoms with Crippen LogP contribution >= 0.6 is 0 Å². The lowest BCUT2D eigenvalue weighted by molar-refractivity contribution is 0.428. The second-order valence-corrected chi connectivity index (χ2v) is 7.41. The van der Waals surface area contributed by atoms with E-state index in [-0.39, 0.29) is 0 Å². The topological polar surface area (TPSA) is 26.0 Å². The highest BCUT2D eigenvalue weighted by molar-refractivity contribution is 5.15. The zero-order valence-electron chi connectivity index (χ0n) is 15.6. The molecule has 1 heteroatoms. The van der Waals surface area contributed by atoms with Crippen molar-refractivity contribution in [3.8, 4) is 0 Å². The normalized spacial score (nSPS) is 13.9. The fourth-order valence-electron chi connectivity index (χ4n) is 3.45. The van der Waals surface area contributed by atoms with Crippen molar-refractivity contribution >= 4 is 0 Å². The van der Waals surface area contributed by atoms with Gasteiger partial charge >= 0.3 is 0 Å². The first-order valence-electron chi connectivity index (χ1n) is 10.0. The lowest BCUT2D eigenvalue weighted by atomic mass is 9.92. The Balaban J connectivity index is 1.96. The summed E-state index contributed by atoms with van der Waals surface area (Å²) in [6.45, 7) is 4.62. The molecule has 0 aliphatic carbocycles. The molecule has 0 amide bonds. The highest BCUT2D eigenvalue weighted by Crippen LogP contribution is 2.16. The van der Waals surface area contributed by atoms with Gasteiger partial charge in [-0.05, 0) is 30.7 Å². The maximum atomic E-state index is 6.32. The third-order valence-corrected chi connectivity index (χ3v) is 4.81. The van der Waals surface area contributed by atoms with Crippen LogP contribution in [0.4, 0.5) is 0 Å². The average molecular weight is 318 g/mol. The van der Waals surface area contributed by atoms with Crippen molar-refractivity contribution in [2.75, 3.05) is 0 Å². The summed E-state index contributed by atoms with van der Waals surface area (Å²) in [5, 5.41) is 0. The van der Waals surface area contributed by atoms with Gasteiger partial charge in [-0.1, -0.05) is 102 Å². The number of hydrogen-bond donors (Lipinski definition) is 1. The van der Waals surface area contributed by atoms with Gasteiger partial charge in [0, 0.05) is 6.04 Å². The second kappa shape index (κ2) is 13.6. The van der Waals surface area contributed by atoms with Crippen LogP contribution in [0.5, 0.6) is 0 Å². The van der Waals surface area contributed by atoms with Gasteiger partial charge in [-0.2, -0.15) is 0 Å². The van der Waals surface area contributed by atoms with Gasteiger partial charge in [0.2, 0.25) is 0 Å². The van der Waals surface area contributed by atoms with Gasteiger partial charge in [0.25, 0.3) is 0 Å². The molecular formula is C22H39N. The lowest BCUT2D eigenvalue weighted by Crippen LogP contribution is -2.23. The molecule has 2 unspecified atom stereocenters. The van der Waals surface area contributed by atoms with Gasteiger partial charge in [-0.15, -0.1) is 0 Å². The lowest BCUT2D eigenvalue weighted by Gasteiger charge is -2.17. The summed E-state index contributed by atoms with van der Waals surface area (Å²) in [6.07, 6.45) is 16.1. The fourth-order valence-corrected chi connectivity index (χ4v) is 3.45. The average Bonchev–Trinajstić information content (AvgIpc) is 2.54. The zero-order valence-corrected chi connectivity index (χ0v) is 15.6. The van der Waals surface area contributed by atoms with E-state index >= 15 is 0 Å². The van der Waals surface area contributed by atoms with Crippen LogP contribution in [0.15, 0.2) is 30.3 Å². The van der Waals surface area contributed by atoms with Crippen molar-refractivity contribution in [1.29, 1.82) is 0 Å². The minimum absolute atomic E-state index is 0.387. The Kier molecular flexibility index (Phi) is 12.0. The highest BCUT2D eigenvalue weighted by atomic mass is 14.6. The molecule has 0 saturated heterocycles. The van der Waals surface area contributed by atoms with E-state index in [1.807, 2.05) is 0 Å². The summed E-state index contributed by atoms with van der Waals surface area (Å²) in [5.41, 5.74) is 7.76. The molecule has 0 heterocycles. The molecule has 2 atom stereocenters. The SMILES string of the molecule is CCCCCCCCCCCC(N)CC(C)Cc1ccccc1. The molecule has 0 bridgehead atoms. The molecular weight excluding hydrogens is 278 g/mol. The molecule has 0 aromatic heterocycles. The van der Waals surface area contributed by atoms with Crippen molar-refractivity contribution in [2.24, 2.45) is 11.7 Å². The molecule has 0 radical (unpaired) electrons. The third-order valence-electron chi connectivity index (χ3n) is 4.81. The van der Waals surface area contributed by atoms with Crippen LogP contribution in [-0.2, 0) is 6.42 Å². The van der Waals surface area contributed by atoms with Crippen LogP contribution in [-0.4, -0.2) is 6.04 Å². The Morgan fingerprint density at radius 2 is 1.39 bits per heavy atom. The second-order valence-electron chi connectivity index (χ2n) is 7.41. The molecule has 0 aliphatic rings. The van der Waals surface area contributed by atoms with Crippen molar-refractivity contribution in [3.63, 3.8) is 0 Å². The van der Waals surface area contributed by atoms with Gasteiger partial charge in [-0.3, -0.25) is 0 Å². The maximum absolute atomic E-state index is 6.32. The van der Waals surface area contributed by atoms with E-state index in [0.717, 1.165) is 12.8 Å². The Morgan fingerprint density at radius 3 is 2.00 bits per heavy atom. The number of rotatable bonds is 14. The number of hydrogen-bond acceptors (Lipinski definition) is 1. The molecule has 2 N–H and O–H groups in total. The fraction of sp³-hybridized carbons (Fsp3) is 0.727. The Hall–Kier alpha value is -0.820. The first kappa shape index (κ1) is 20.2. The van der Waals surface area contributed by atoms with E-state index in [4.69, 9.17) is 5.73 Å². The van der Waals surface area contributed by atoms with E-state index < -0.39 is 0 Å². The maximum Gasteiger partial charge on any atom is 0.00414 e. The molecule has 1 aromatic carbocycles. The molecule has 1 aromatic rings. The van der Waals surface area contributed by atoms with E-state index in [2.05, 4.69) is 44.2 Å². The zero-order chi connectivity index (χ0) is 16.8. The number of benzene rings is 1. The summed E-state index contributed by atoms with van der Waals surface area (Å²) >= 11 is 0. The van der Waals surface area contributed by atoms with E-state index in [9.17, 15) is 0 Å². The van der Waals surface area contributed by atoms with Crippen molar-refractivity contribution in [2.45, 2.75) is 96.9 Å². The van der Waals surface area contributed by atoms with Gasteiger partial charge in [0.1, 0.15) is 0 Å². The number of nitrogens with two attached hydrogens (primary N) is 1. The van der Waals surface area contributed by atoms with E-state index in [1.54, 1.807) is 0 Å². The summed E-state index contributed by atoms with van der Waals surface area (Å²) in [6, 6.07) is 11.2. The minimum atomic E-state index is 0.387. The molecule has 0 spiro atoms. The predicted molar refractivity (Wildman–Crippen MR) is 104 cm³/mol. The van der Waals surface area contributed by atoms with Gasteiger partial charge in [0.15, 0.2) is 0 Å². The van der Waals surface area contributed by atoms with Crippen LogP contribution < -0.4 is 5.73 Å². The predicted octanol–water partition coefficient (Wildman–Crippen LogP) is 6.50. The summed E-state index contributed by atoms with van der Waals surface area (Å²) in [5.74, 6) is 0.686. The van der Waals surface area contributed by atoms with Crippen LogP contribution in [0.2, 0.25) is 0 Å². The van der Waals surface area contributed by atoms with Crippen molar-refractivity contribution in [3.05, 3.63) is 35.9 Å². The monoisotopic (exact) mass is 317 g/mol. The molecule has 0 fully saturated rings. The first-order chi connectivity index (χ1) is 11.2. The van der Waals surface area contributed by atoms with E-state index in [1.165, 1.54) is 69.8 Å². The first-order valence-corrected chi connectivity index (χ1v) is 10.0. The minimum Gasteiger partial charge on any atom is -0.328 e. The molecule has 0 aliphatic heterocycles. The summed E-state index contributed by atoms with van der Waals surface area (Å²) in [7, 11) is 0. The molecule has 0 saturated carbocycles. The Morgan fingerprint density at radius 1 is 0.826 bits per heavy atom. The van der Waals surface area contributed by atoms with Gasteiger partial charge in [-0.25, -0.2) is 0 Å². The smallest absolute Gasteiger partial charge is 0.00414 e. The highest BCUT2D eigenvalue weighted by Gasteiger charge is 2.09. The quantitative estimate of drug-likeness (QED) is 0.389. The standard InChI is InChI=1S/C22H39N/c1-3-4-5-6-7-8-9-10-14-17-22(23)19-20(2)18-21-15-12-11-13-16-21/h11-13,15-16,20,22H,3-10,14,17-19,23H2,1-2H3. The van der Waals surface area contributed by atoms with Crippen molar-refractivity contribution < 1.29 is 0 Å². The molecule has 1 nitrogen and oxygen atoms in total. The number of unbranched alkanes of at least 4 members (excludes halogenated alkanes) is 8. The molecule has 132 valence electrons. The summed E-state index contributed by atoms with van der Waals surface area (Å²) < 4.78 is 0. The van der Waals surface area contributed by atoms with Crippen molar-refractivity contribution in [1.82, 2.24) is 0 Å². The molecule has 1 rings (SSSR count). The third kappa shape index (κ3) is 11.4. The Labute approximate surface area is 145 Å². The Bertz CT molecular complexity index is 359. The summed E-state index contributed by atoms with van der Waals surface area (Å²) in [4.78, 5) is 0. The van der Waals surface area contributed by atoms with Crippen LogP contribution in [0.1, 0.15) is 90.0 Å². The van der Waals surface area contributed by atoms with Crippen LogP contribution in [0.25, 0.3) is 0 Å². The van der Waals surface area contributed by atoms with Crippen LogP contribution in [0.3, 0.4) is 0 Å². The van der Waals surface area contributed by atoms with Crippen LogP contribution in [0, 0.1) is 5.92 Å². The largest absolute Gasteiger partial charge is 0.328 e.